The summed E-state index contributed by atoms with van der Waals surface area (Å²) in [7, 11) is 0. The molecule has 0 aliphatic carbocycles. The van der Waals surface area contributed by atoms with Gasteiger partial charge in [-0.25, -0.2) is 0 Å². The summed E-state index contributed by atoms with van der Waals surface area (Å²) in [6.07, 6.45) is 0. The van der Waals surface area contributed by atoms with Gasteiger partial charge in [-0.15, -0.1) is 10.5 Å². The standard InChI is InChI=1S/C7H2BrN4/c8-5-1-4(3-9)2-6-7(5)11-12-10-6/h1-2H. The predicted molar refractivity (Wildman–Crippen MR) is 45.2 cm³/mol. The molecule has 12 heavy (non-hydrogen) atoms. The van der Waals surface area contributed by atoms with Gasteiger partial charge in [0.15, 0.2) is 0 Å². The lowest BCUT2D eigenvalue weighted by atomic mass is 10.2. The number of halogens is 1. The molecule has 0 unspecified atom stereocenters. The Bertz CT molecular complexity index is 405. The minimum atomic E-state index is 0.552. The number of nitrogens with zero attached hydrogens (tertiary/aromatic N) is 4. The molecule has 0 spiro atoms. The van der Waals surface area contributed by atoms with Crippen LogP contribution in [-0.4, -0.2) is 0 Å². The van der Waals surface area contributed by atoms with E-state index in [-0.39, 0.29) is 0 Å². The number of nitriles is 1. The van der Waals surface area contributed by atoms with E-state index in [9.17, 15) is 0 Å². The largest absolute Gasteiger partial charge is 0.192 e. The van der Waals surface area contributed by atoms with Gasteiger partial charge >= 0.3 is 0 Å². The van der Waals surface area contributed by atoms with Gasteiger partial charge in [-0.05, 0) is 33.3 Å². The van der Waals surface area contributed by atoms with Crippen LogP contribution in [0, 0.1) is 11.3 Å². The van der Waals surface area contributed by atoms with E-state index >= 15 is 0 Å². The maximum Gasteiger partial charge on any atom is 0.129 e. The summed E-state index contributed by atoms with van der Waals surface area (Å²) in [6.45, 7) is 0. The Labute approximate surface area is 77.0 Å². The van der Waals surface area contributed by atoms with Crippen molar-refractivity contribution in [3.05, 3.63) is 22.2 Å². The maximum atomic E-state index is 8.62. The van der Waals surface area contributed by atoms with Gasteiger partial charge in [-0.2, -0.15) is 5.26 Å². The van der Waals surface area contributed by atoms with Gasteiger partial charge in [0.1, 0.15) is 11.4 Å². The number of hydrogen-bond acceptors (Lipinski definition) is 3. The Morgan fingerprint density at radius 1 is 1.42 bits per heavy atom. The topological polar surface area (TPSA) is 62.6 Å². The van der Waals surface area contributed by atoms with Gasteiger partial charge in [0.05, 0.1) is 11.6 Å². The molecule has 0 saturated carbocycles. The van der Waals surface area contributed by atoms with Gasteiger partial charge in [0.25, 0.3) is 0 Å². The summed E-state index contributed by atoms with van der Waals surface area (Å²) in [5.41, 5.74) is 5.66. The number of hydrogen-bond donors (Lipinski definition) is 0. The van der Waals surface area contributed by atoms with E-state index in [0.29, 0.717) is 16.9 Å². The number of fused-ring (bicyclic) bond motifs is 1. The highest BCUT2D eigenvalue weighted by Gasteiger charge is 2.14. The zero-order valence-electron chi connectivity index (χ0n) is 5.82. The molecule has 0 fully saturated rings. The van der Waals surface area contributed by atoms with Gasteiger partial charge in [-0.3, -0.25) is 0 Å². The van der Waals surface area contributed by atoms with Crippen LogP contribution in [0.25, 0.3) is 0 Å². The van der Waals surface area contributed by atoms with Crippen LogP contribution in [0.2, 0.25) is 0 Å². The normalized spacial score (nSPS) is 12.0. The van der Waals surface area contributed by atoms with Crippen molar-refractivity contribution in [2.24, 2.45) is 10.3 Å². The average Bonchev–Trinajstić information content (AvgIpc) is 2.52. The third kappa shape index (κ3) is 0.970. The Kier molecular flexibility index (Phi) is 1.55. The minimum absolute atomic E-state index is 0.552. The van der Waals surface area contributed by atoms with Gasteiger partial charge in [0.2, 0.25) is 0 Å². The first-order chi connectivity index (χ1) is 5.81. The van der Waals surface area contributed by atoms with E-state index in [0.717, 1.165) is 4.47 Å². The molecule has 1 aliphatic rings. The third-order valence-electron chi connectivity index (χ3n) is 1.47. The third-order valence-corrected chi connectivity index (χ3v) is 2.07. The first-order valence-electron chi connectivity index (χ1n) is 3.16. The second kappa shape index (κ2) is 2.57. The highest BCUT2D eigenvalue weighted by atomic mass is 79.9. The van der Waals surface area contributed by atoms with Crippen molar-refractivity contribution >= 4 is 27.3 Å². The molecule has 1 aliphatic heterocycles. The van der Waals surface area contributed by atoms with Crippen molar-refractivity contribution in [3.63, 3.8) is 0 Å². The van der Waals surface area contributed by atoms with Crippen LogP contribution < -0.4 is 5.43 Å². The molecule has 0 aromatic heterocycles. The summed E-state index contributed by atoms with van der Waals surface area (Å²) < 4.78 is 0.751. The minimum Gasteiger partial charge on any atom is -0.192 e. The Morgan fingerprint density at radius 2 is 2.25 bits per heavy atom. The van der Waals surface area contributed by atoms with Crippen molar-refractivity contribution in [2.75, 3.05) is 0 Å². The predicted octanol–water partition coefficient (Wildman–Crippen LogP) is 2.57. The molecule has 0 amide bonds. The van der Waals surface area contributed by atoms with Crippen LogP contribution in [0.3, 0.4) is 0 Å². The first kappa shape index (κ1) is 7.25. The molecule has 1 radical (unpaired) electrons. The molecule has 0 N–H and O–H groups in total. The summed E-state index contributed by atoms with van der Waals surface area (Å²) in [6, 6.07) is 5.37. The van der Waals surface area contributed by atoms with Crippen LogP contribution in [0.4, 0.5) is 11.4 Å². The second-order valence-corrected chi connectivity index (χ2v) is 3.08. The summed E-state index contributed by atoms with van der Waals surface area (Å²) >= 11 is 3.27. The zero-order valence-corrected chi connectivity index (χ0v) is 7.41. The molecule has 2 rings (SSSR count). The smallest absolute Gasteiger partial charge is 0.129 e. The molecule has 4 nitrogen and oxygen atoms in total. The lowest BCUT2D eigenvalue weighted by molar-refractivity contribution is 0.920. The molecule has 1 heterocycles. The zero-order chi connectivity index (χ0) is 8.55. The van der Waals surface area contributed by atoms with Crippen molar-refractivity contribution in [2.45, 2.75) is 0 Å². The molecule has 1 aromatic carbocycles. The van der Waals surface area contributed by atoms with E-state index in [4.69, 9.17) is 5.26 Å². The van der Waals surface area contributed by atoms with Gasteiger partial charge in [-0.1, -0.05) is 0 Å². The number of rotatable bonds is 0. The van der Waals surface area contributed by atoms with Crippen LogP contribution in [-0.2, 0) is 0 Å². The van der Waals surface area contributed by atoms with Crippen molar-refractivity contribution in [1.82, 2.24) is 5.43 Å². The summed E-state index contributed by atoms with van der Waals surface area (Å²) in [4.78, 5) is 0. The summed E-state index contributed by atoms with van der Waals surface area (Å²) in [5, 5.41) is 15.9. The molecule has 0 bridgehead atoms. The molecule has 0 atom stereocenters. The fourth-order valence-electron chi connectivity index (χ4n) is 0.940. The first-order valence-corrected chi connectivity index (χ1v) is 3.96. The van der Waals surface area contributed by atoms with Crippen molar-refractivity contribution < 1.29 is 0 Å². The molecular formula is C7H2BrN4. The van der Waals surface area contributed by atoms with Crippen LogP contribution >= 0.6 is 15.9 Å². The van der Waals surface area contributed by atoms with E-state index in [2.05, 4.69) is 31.7 Å². The van der Waals surface area contributed by atoms with E-state index in [1.165, 1.54) is 0 Å². The highest BCUT2D eigenvalue weighted by Crippen LogP contribution is 2.37. The Balaban J connectivity index is 2.66. The fourth-order valence-corrected chi connectivity index (χ4v) is 1.47. The van der Waals surface area contributed by atoms with Crippen LogP contribution in [0.5, 0.6) is 0 Å². The lowest BCUT2D eigenvalue weighted by Gasteiger charge is -1.97. The van der Waals surface area contributed by atoms with E-state index < -0.39 is 0 Å². The van der Waals surface area contributed by atoms with Crippen LogP contribution in [0.1, 0.15) is 5.56 Å². The average molecular weight is 222 g/mol. The molecule has 1 aromatic rings. The maximum absolute atomic E-state index is 8.62. The quantitative estimate of drug-likeness (QED) is 0.665. The molecule has 0 saturated heterocycles. The van der Waals surface area contributed by atoms with Crippen molar-refractivity contribution in [3.8, 4) is 6.07 Å². The van der Waals surface area contributed by atoms with E-state index in [1.54, 1.807) is 12.1 Å². The monoisotopic (exact) mass is 221 g/mol. The fraction of sp³-hybridized carbons (Fsp3) is 0. The SMILES string of the molecule is N#Cc1cc(Br)c2c(c1)N=N[N]2. The molecular weight excluding hydrogens is 220 g/mol. The van der Waals surface area contributed by atoms with Crippen molar-refractivity contribution in [1.29, 1.82) is 5.26 Å². The van der Waals surface area contributed by atoms with E-state index in [1.807, 2.05) is 6.07 Å². The van der Waals surface area contributed by atoms with Crippen LogP contribution in [0.15, 0.2) is 26.9 Å². The molecule has 5 heteroatoms. The lowest BCUT2D eigenvalue weighted by Crippen LogP contribution is -1.82. The molecule has 57 valence electrons. The highest BCUT2D eigenvalue weighted by molar-refractivity contribution is 9.10. The Hall–Kier alpha value is -1.41. The van der Waals surface area contributed by atoms with Gasteiger partial charge < -0.3 is 0 Å². The number of benzene rings is 1. The van der Waals surface area contributed by atoms with Gasteiger partial charge in [0, 0.05) is 4.47 Å². The Morgan fingerprint density at radius 3 is 3.00 bits per heavy atom. The summed E-state index contributed by atoms with van der Waals surface area (Å²) in [5.74, 6) is 0. The second-order valence-electron chi connectivity index (χ2n) is 2.23.